The maximum Gasteiger partial charge on any atom is 0.220 e. The number of hydrogen-bond donors (Lipinski definition) is 1. The lowest BCUT2D eigenvalue weighted by Gasteiger charge is -2.50. The van der Waals surface area contributed by atoms with Gasteiger partial charge in [-0.05, 0) is 85.8 Å². The van der Waals surface area contributed by atoms with E-state index in [1.54, 1.807) is 6.07 Å². The van der Waals surface area contributed by atoms with E-state index in [9.17, 15) is 14.0 Å². The third kappa shape index (κ3) is 3.74. The van der Waals surface area contributed by atoms with Gasteiger partial charge in [-0.3, -0.25) is 9.59 Å². The topological polar surface area (TPSA) is 46.2 Å². The molecule has 0 aliphatic heterocycles. The highest BCUT2D eigenvalue weighted by molar-refractivity contribution is 5.88. The number of ketones is 1. The van der Waals surface area contributed by atoms with E-state index in [2.05, 4.69) is 18.3 Å². The van der Waals surface area contributed by atoms with E-state index in [1.807, 2.05) is 6.07 Å². The number of amides is 1. The zero-order chi connectivity index (χ0) is 21.6. The molecule has 4 aliphatic carbocycles. The molecule has 1 aromatic carbocycles. The van der Waals surface area contributed by atoms with Crippen molar-refractivity contribution in [2.45, 2.75) is 95.9 Å². The third-order valence-corrected chi connectivity index (χ3v) is 9.28. The SMILES string of the molecule is C[C@]12CCC3c4cccc(F)c4CCC3C1[C@H](CCC(=O)NC1CCCCC1)CC2=O. The summed E-state index contributed by atoms with van der Waals surface area (Å²) in [5, 5.41) is 3.25. The molecule has 1 amide bonds. The van der Waals surface area contributed by atoms with E-state index >= 15 is 0 Å². The summed E-state index contributed by atoms with van der Waals surface area (Å²) in [4.78, 5) is 25.8. The minimum atomic E-state index is -0.253. The Balaban J connectivity index is 1.31. The molecule has 3 saturated carbocycles. The van der Waals surface area contributed by atoms with E-state index in [0.29, 0.717) is 42.4 Å². The molecule has 3 nitrogen and oxygen atoms in total. The Morgan fingerprint density at radius 3 is 2.77 bits per heavy atom. The van der Waals surface area contributed by atoms with Crippen molar-refractivity contribution < 1.29 is 14.0 Å². The fraction of sp³-hybridized carbons (Fsp3) is 0.704. The van der Waals surface area contributed by atoms with Crippen LogP contribution in [0.5, 0.6) is 0 Å². The third-order valence-electron chi connectivity index (χ3n) is 9.28. The van der Waals surface area contributed by atoms with Crippen molar-refractivity contribution in [2.75, 3.05) is 0 Å². The second-order valence-electron chi connectivity index (χ2n) is 10.9. The van der Waals surface area contributed by atoms with Gasteiger partial charge < -0.3 is 5.32 Å². The Hall–Kier alpha value is -1.71. The second kappa shape index (κ2) is 8.33. The van der Waals surface area contributed by atoms with Crippen LogP contribution in [0.3, 0.4) is 0 Å². The predicted molar refractivity (Wildman–Crippen MR) is 119 cm³/mol. The van der Waals surface area contributed by atoms with E-state index < -0.39 is 0 Å². The fourth-order valence-electron chi connectivity index (χ4n) is 7.76. The Kier molecular flexibility index (Phi) is 5.68. The average molecular weight is 426 g/mol. The summed E-state index contributed by atoms with van der Waals surface area (Å²) in [7, 11) is 0. The van der Waals surface area contributed by atoms with Crippen molar-refractivity contribution in [3.63, 3.8) is 0 Å². The van der Waals surface area contributed by atoms with Gasteiger partial charge in [-0.25, -0.2) is 4.39 Å². The van der Waals surface area contributed by atoms with Crippen molar-refractivity contribution in [3.05, 3.63) is 35.1 Å². The van der Waals surface area contributed by atoms with E-state index in [-0.39, 0.29) is 23.1 Å². The number of carbonyl (C=O) groups is 2. The number of benzene rings is 1. The summed E-state index contributed by atoms with van der Waals surface area (Å²) in [6.07, 6.45) is 11.5. The molecule has 3 fully saturated rings. The van der Waals surface area contributed by atoms with Crippen molar-refractivity contribution >= 4 is 11.7 Å². The highest BCUT2D eigenvalue weighted by atomic mass is 19.1. The van der Waals surface area contributed by atoms with E-state index in [4.69, 9.17) is 0 Å². The molecule has 31 heavy (non-hydrogen) atoms. The molecular weight excluding hydrogens is 389 g/mol. The summed E-state index contributed by atoms with van der Waals surface area (Å²) in [5.74, 6) is 1.92. The van der Waals surface area contributed by atoms with Crippen molar-refractivity contribution in [3.8, 4) is 0 Å². The normalized spacial score (nSPS) is 35.2. The monoisotopic (exact) mass is 425 g/mol. The number of fused-ring (bicyclic) bond motifs is 5. The zero-order valence-electron chi connectivity index (χ0n) is 18.8. The molecule has 0 spiro atoms. The molecule has 4 aliphatic rings. The minimum absolute atomic E-state index is 0.0669. The Morgan fingerprint density at radius 2 is 1.97 bits per heavy atom. The molecule has 168 valence electrons. The van der Waals surface area contributed by atoms with Crippen LogP contribution in [0.2, 0.25) is 0 Å². The van der Waals surface area contributed by atoms with Crippen LogP contribution < -0.4 is 5.32 Å². The number of Topliss-reactive ketones (excluding diaryl/α,β-unsaturated/α-hetero) is 1. The molecule has 5 atom stereocenters. The summed E-state index contributed by atoms with van der Waals surface area (Å²) in [5.41, 5.74) is 1.84. The predicted octanol–water partition coefficient (Wildman–Crippen LogP) is 5.71. The highest BCUT2D eigenvalue weighted by Gasteiger charge is 2.58. The number of halogens is 1. The van der Waals surface area contributed by atoms with Gasteiger partial charge in [0.25, 0.3) is 0 Å². The molecule has 4 heteroatoms. The van der Waals surface area contributed by atoms with Gasteiger partial charge in [0.15, 0.2) is 0 Å². The minimum Gasteiger partial charge on any atom is -0.353 e. The van der Waals surface area contributed by atoms with Crippen molar-refractivity contribution in [1.29, 1.82) is 0 Å². The van der Waals surface area contributed by atoms with Crippen LogP contribution >= 0.6 is 0 Å². The lowest BCUT2D eigenvalue weighted by molar-refractivity contribution is -0.129. The van der Waals surface area contributed by atoms with Crippen molar-refractivity contribution in [1.82, 2.24) is 5.32 Å². The molecule has 0 saturated heterocycles. The zero-order valence-corrected chi connectivity index (χ0v) is 18.8. The molecule has 0 bridgehead atoms. The standard InChI is InChI=1S/C27H36FNO2/c1-27-15-14-20-19-8-5-9-23(28)21(19)11-12-22(20)26(27)17(16-24(27)30)10-13-25(31)29-18-6-3-2-4-7-18/h5,8-9,17-18,20,22,26H,2-4,6-7,10-16H2,1H3,(H,29,31)/t17-,20?,22?,26?,27-/m1/s1. The maximum atomic E-state index is 14.4. The van der Waals surface area contributed by atoms with Crippen LogP contribution in [0.1, 0.15) is 94.6 Å². The molecular formula is C27H36FNO2. The van der Waals surface area contributed by atoms with Gasteiger partial charge in [-0.15, -0.1) is 0 Å². The van der Waals surface area contributed by atoms with E-state index in [1.165, 1.54) is 24.8 Å². The second-order valence-corrected chi connectivity index (χ2v) is 10.9. The number of hydrogen-bond acceptors (Lipinski definition) is 2. The van der Waals surface area contributed by atoms with Gasteiger partial charge in [0.05, 0.1) is 0 Å². The Labute approximate surface area is 185 Å². The van der Waals surface area contributed by atoms with Crippen molar-refractivity contribution in [2.24, 2.45) is 23.2 Å². The van der Waals surface area contributed by atoms with Gasteiger partial charge in [0.2, 0.25) is 5.91 Å². The first-order valence-corrected chi connectivity index (χ1v) is 12.6. The molecule has 5 rings (SSSR count). The summed E-state index contributed by atoms with van der Waals surface area (Å²) in [6, 6.07) is 5.89. The Morgan fingerprint density at radius 1 is 1.16 bits per heavy atom. The quantitative estimate of drug-likeness (QED) is 0.672. The van der Waals surface area contributed by atoms with E-state index in [0.717, 1.165) is 50.5 Å². The van der Waals surface area contributed by atoms with Crippen LogP contribution in [0.4, 0.5) is 4.39 Å². The van der Waals surface area contributed by atoms with Crippen LogP contribution in [-0.4, -0.2) is 17.7 Å². The summed E-state index contributed by atoms with van der Waals surface area (Å²) in [6.45, 7) is 2.18. The molecule has 3 unspecified atom stereocenters. The first-order chi connectivity index (χ1) is 15.0. The van der Waals surface area contributed by atoms with Crippen LogP contribution in [0.25, 0.3) is 0 Å². The van der Waals surface area contributed by atoms with Gasteiger partial charge in [-0.2, -0.15) is 0 Å². The number of nitrogens with one attached hydrogen (secondary N) is 1. The average Bonchev–Trinajstić information content (AvgIpc) is 3.03. The van der Waals surface area contributed by atoms with Crippen LogP contribution in [0.15, 0.2) is 18.2 Å². The number of rotatable bonds is 4. The molecule has 0 heterocycles. The first kappa shape index (κ1) is 21.2. The molecule has 0 aromatic heterocycles. The van der Waals surface area contributed by atoms with Crippen LogP contribution in [0, 0.1) is 29.0 Å². The van der Waals surface area contributed by atoms with Gasteiger partial charge in [0, 0.05) is 24.3 Å². The fourth-order valence-corrected chi connectivity index (χ4v) is 7.76. The van der Waals surface area contributed by atoms with Crippen LogP contribution in [-0.2, 0) is 16.0 Å². The lowest BCUT2D eigenvalue weighted by atomic mass is 9.54. The summed E-state index contributed by atoms with van der Waals surface area (Å²) < 4.78 is 14.4. The summed E-state index contributed by atoms with van der Waals surface area (Å²) >= 11 is 0. The number of carbonyl (C=O) groups excluding carboxylic acids is 2. The van der Waals surface area contributed by atoms with Gasteiger partial charge in [0.1, 0.15) is 11.6 Å². The smallest absolute Gasteiger partial charge is 0.220 e. The highest BCUT2D eigenvalue weighted by Crippen LogP contribution is 2.62. The van der Waals surface area contributed by atoms with Gasteiger partial charge in [-0.1, -0.05) is 38.3 Å². The largest absolute Gasteiger partial charge is 0.353 e. The Bertz CT molecular complexity index is 861. The molecule has 0 radical (unpaired) electrons. The maximum absolute atomic E-state index is 14.4. The lowest BCUT2D eigenvalue weighted by Crippen LogP contribution is -2.44. The van der Waals surface area contributed by atoms with Gasteiger partial charge >= 0.3 is 0 Å². The first-order valence-electron chi connectivity index (χ1n) is 12.6. The molecule has 1 N–H and O–H groups in total. The molecule has 1 aromatic rings.